The number of ether oxygens (including phenoxy) is 2. The predicted molar refractivity (Wildman–Crippen MR) is 239 cm³/mol. The number of hydrogen-bond acceptors (Lipinski definition) is 4. The second-order valence-electron chi connectivity index (χ2n) is 15.0. The zero-order valence-electron chi connectivity index (χ0n) is 31.3. The van der Waals surface area contributed by atoms with Crippen LogP contribution in [-0.4, -0.2) is 0 Å². The predicted octanol–water partition coefficient (Wildman–Crippen LogP) is 15.6. The van der Waals surface area contributed by atoms with E-state index in [-0.39, 0.29) is 0 Å². The highest BCUT2D eigenvalue weighted by Gasteiger charge is 2.30. The Morgan fingerprint density at radius 2 is 0.724 bits per heavy atom. The van der Waals surface area contributed by atoms with Gasteiger partial charge in [0.25, 0.3) is 0 Å². The van der Waals surface area contributed by atoms with Crippen LogP contribution in [0.5, 0.6) is 23.0 Å². The first-order valence-corrected chi connectivity index (χ1v) is 19.7. The standard InChI is InChI=1S/C54H34N2O2/c1-2-12-35(13-3-1)37-20-10-21-44(28-37)55-47-26-24-42(33-51(47)57-53-31-40-17-6-4-15-38(40)29-49(53)55)43-25-27-48-52(34-43)58-54-32-41-18-7-5-16-39(41)30-50(54)56(48)46-23-11-19-36-14-8-9-22-45(36)46/h1-34H. The Morgan fingerprint density at radius 1 is 0.259 bits per heavy atom. The van der Waals surface area contributed by atoms with Gasteiger partial charge in [-0.2, -0.15) is 0 Å². The van der Waals surface area contributed by atoms with E-state index < -0.39 is 0 Å². The molecule has 4 nitrogen and oxygen atoms in total. The van der Waals surface area contributed by atoms with E-state index in [0.29, 0.717) is 0 Å². The van der Waals surface area contributed by atoms with Crippen molar-refractivity contribution in [2.75, 3.05) is 9.80 Å². The SMILES string of the molecule is c1ccc(-c2cccc(N3c4ccc(-c5ccc6c(c5)Oc5cc7ccccc7cc5N6c5cccc6ccccc56)cc4Oc4cc5ccccc5cc43)c2)cc1. The largest absolute Gasteiger partial charge is 0.453 e. The maximum atomic E-state index is 6.85. The van der Waals surface area contributed by atoms with E-state index in [2.05, 4.69) is 216 Å². The molecule has 0 unspecified atom stereocenters. The maximum absolute atomic E-state index is 6.85. The molecule has 0 saturated carbocycles. The Balaban J connectivity index is 0.995. The molecule has 12 rings (SSSR count). The fraction of sp³-hybridized carbons (Fsp3) is 0. The second kappa shape index (κ2) is 12.9. The summed E-state index contributed by atoms with van der Waals surface area (Å²) in [6.07, 6.45) is 0. The Hall–Kier alpha value is -7.82. The molecule has 58 heavy (non-hydrogen) atoms. The molecule has 0 saturated heterocycles. The number of fused-ring (bicyclic) bond motifs is 7. The number of benzene rings is 10. The van der Waals surface area contributed by atoms with Crippen molar-refractivity contribution in [2.45, 2.75) is 0 Å². The van der Waals surface area contributed by atoms with Crippen LogP contribution in [0.3, 0.4) is 0 Å². The van der Waals surface area contributed by atoms with E-state index in [1.165, 1.54) is 21.7 Å². The summed E-state index contributed by atoms with van der Waals surface area (Å²) in [6, 6.07) is 73.2. The van der Waals surface area contributed by atoms with Crippen molar-refractivity contribution in [1.82, 2.24) is 0 Å². The zero-order chi connectivity index (χ0) is 38.2. The Kier molecular flexibility index (Phi) is 7.20. The third-order valence-electron chi connectivity index (χ3n) is 11.5. The average molecular weight is 743 g/mol. The van der Waals surface area contributed by atoms with Crippen molar-refractivity contribution in [3.8, 4) is 45.3 Å². The molecule has 2 aliphatic heterocycles. The Morgan fingerprint density at radius 3 is 1.38 bits per heavy atom. The molecular formula is C54H34N2O2. The van der Waals surface area contributed by atoms with E-state index in [1.54, 1.807) is 0 Å². The van der Waals surface area contributed by atoms with Gasteiger partial charge in [-0.25, -0.2) is 0 Å². The first kappa shape index (κ1) is 32.4. The lowest BCUT2D eigenvalue weighted by Gasteiger charge is -2.34. The van der Waals surface area contributed by atoms with Crippen LogP contribution in [0, 0.1) is 0 Å². The van der Waals surface area contributed by atoms with Crippen molar-refractivity contribution >= 4 is 66.4 Å². The minimum Gasteiger partial charge on any atom is -0.453 e. The summed E-state index contributed by atoms with van der Waals surface area (Å²) in [7, 11) is 0. The first-order chi connectivity index (χ1) is 28.7. The van der Waals surface area contributed by atoms with Gasteiger partial charge in [-0.1, -0.05) is 140 Å². The van der Waals surface area contributed by atoms with Crippen LogP contribution in [0.4, 0.5) is 34.1 Å². The normalized spacial score (nSPS) is 12.7. The molecule has 0 radical (unpaired) electrons. The van der Waals surface area contributed by atoms with E-state index in [1.807, 2.05) is 0 Å². The summed E-state index contributed by atoms with van der Waals surface area (Å²) in [6.45, 7) is 0. The molecule has 0 aliphatic carbocycles. The lowest BCUT2D eigenvalue weighted by Crippen LogP contribution is -2.16. The van der Waals surface area contributed by atoms with E-state index in [9.17, 15) is 0 Å². The zero-order valence-corrected chi connectivity index (χ0v) is 31.3. The topological polar surface area (TPSA) is 24.9 Å². The molecule has 2 aliphatic rings. The average Bonchev–Trinajstić information content (AvgIpc) is 3.28. The lowest BCUT2D eigenvalue weighted by atomic mass is 9.99. The summed E-state index contributed by atoms with van der Waals surface area (Å²) in [4.78, 5) is 4.68. The fourth-order valence-electron chi connectivity index (χ4n) is 8.74. The van der Waals surface area contributed by atoms with E-state index in [0.717, 1.165) is 90.0 Å². The van der Waals surface area contributed by atoms with Gasteiger partial charge in [0.05, 0.1) is 28.4 Å². The Labute approximate surface area is 336 Å². The number of rotatable bonds is 4. The molecule has 10 aromatic rings. The van der Waals surface area contributed by atoms with Crippen LogP contribution < -0.4 is 19.3 Å². The molecule has 0 fully saturated rings. The second-order valence-corrected chi connectivity index (χ2v) is 15.0. The molecule has 0 spiro atoms. The van der Waals surface area contributed by atoms with Gasteiger partial charge < -0.3 is 19.3 Å². The van der Waals surface area contributed by atoms with Gasteiger partial charge >= 0.3 is 0 Å². The summed E-state index contributed by atoms with van der Waals surface area (Å²) in [5.74, 6) is 3.22. The molecule has 0 atom stereocenters. The number of nitrogens with zero attached hydrogens (tertiary/aromatic N) is 2. The highest BCUT2D eigenvalue weighted by Crippen LogP contribution is 2.55. The van der Waals surface area contributed by atoms with Crippen molar-refractivity contribution in [3.05, 3.63) is 206 Å². The van der Waals surface area contributed by atoms with Crippen LogP contribution in [0.25, 0.3) is 54.6 Å². The fourth-order valence-corrected chi connectivity index (χ4v) is 8.74. The number of hydrogen-bond donors (Lipinski definition) is 0. The highest BCUT2D eigenvalue weighted by atomic mass is 16.5. The summed E-state index contributed by atoms with van der Waals surface area (Å²) in [5.41, 5.74) is 10.6. The molecule has 0 aromatic heterocycles. The van der Waals surface area contributed by atoms with Gasteiger partial charge in [-0.15, -0.1) is 0 Å². The van der Waals surface area contributed by atoms with Crippen LogP contribution in [0.15, 0.2) is 206 Å². The lowest BCUT2D eigenvalue weighted by molar-refractivity contribution is 0.477. The molecule has 4 heteroatoms. The molecule has 0 bridgehead atoms. The Bertz CT molecular complexity index is 3260. The third-order valence-corrected chi connectivity index (χ3v) is 11.5. The van der Waals surface area contributed by atoms with Gasteiger partial charge in [0.2, 0.25) is 0 Å². The molecule has 2 heterocycles. The van der Waals surface area contributed by atoms with E-state index >= 15 is 0 Å². The third kappa shape index (κ3) is 5.23. The first-order valence-electron chi connectivity index (χ1n) is 19.7. The van der Waals surface area contributed by atoms with Crippen LogP contribution in [0.2, 0.25) is 0 Å². The molecule has 10 aromatic carbocycles. The minimum atomic E-state index is 0.790. The minimum absolute atomic E-state index is 0.790. The maximum Gasteiger partial charge on any atom is 0.152 e. The van der Waals surface area contributed by atoms with Crippen LogP contribution >= 0.6 is 0 Å². The molecular weight excluding hydrogens is 709 g/mol. The van der Waals surface area contributed by atoms with Crippen molar-refractivity contribution < 1.29 is 9.47 Å². The van der Waals surface area contributed by atoms with Crippen LogP contribution in [0.1, 0.15) is 0 Å². The van der Waals surface area contributed by atoms with Crippen molar-refractivity contribution in [1.29, 1.82) is 0 Å². The molecule has 0 N–H and O–H groups in total. The quantitative estimate of drug-likeness (QED) is 0.179. The van der Waals surface area contributed by atoms with Crippen LogP contribution in [-0.2, 0) is 0 Å². The summed E-state index contributed by atoms with van der Waals surface area (Å²) < 4.78 is 13.7. The van der Waals surface area contributed by atoms with Gasteiger partial charge in [-0.3, -0.25) is 0 Å². The molecule has 272 valence electrons. The molecule has 0 amide bonds. The van der Waals surface area contributed by atoms with Gasteiger partial charge in [0.1, 0.15) is 0 Å². The highest BCUT2D eigenvalue weighted by molar-refractivity contribution is 6.04. The van der Waals surface area contributed by atoms with Gasteiger partial charge in [0.15, 0.2) is 23.0 Å². The van der Waals surface area contributed by atoms with E-state index in [4.69, 9.17) is 9.47 Å². The van der Waals surface area contributed by atoms with Gasteiger partial charge in [-0.05, 0) is 116 Å². The summed E-state index contributed by atoms with van der Waals surface area (Å²) >= 11 is 0. The monoisotopic (exact) mass is 742 g/mol. The van der Waals surface area contributed by atoms with Crippen molar-refractivity contribution in [2.24, 2.45) is 0 Å². The summed E-state index contributed by atoms with van der Waals surface area (Å²) in [5, 5.41) is 6.97. The number of anilines is 6. The van der Waals surface area contributed by atoms with Gasteiger partial charge in [0, 0.05) is 11.1 Å². The van der Waals surface area contributed by atoms with Crippen molar-refractivity contribution in [3.63, 3.8) is 0 Å². The smallest absolute Gasteiger partial charge is 0.152 e.